The number of nitrogens with two attached hydrogens (primary N) is 1. The maximum atomic E-state index is 10.5. The van der Waals surface area contributed by atoms with Crippen molar-refractivity contribution in [2.24, 2.45) is 10.8 Å². The summed E-state index contributed by atoms with van der Waals surface area (Å²) in [6.07, 6.45) is 2.41. The Hall–Kier alpha value is -1.51. The molecular weight excluding hydrogens is 361 g/mol. The summed E-state index contributed by atoms with van der Waals surface area (Å²) in [5, 5.41) is 3.70. The highest BCUT2D eigenvalue weighted by molar-refractivity contribution is 14.1. The van der Waals surface area contributed by atoms with E-state index in [9.17, 15) is 4.79 Å². The number of ether oxygens (including phenoxy) is 2. The van der Waals surface area contributed by atoms with Crippen LogP contribution in [0.5, 0.6) is 11.5 Å². The number of amides is 2. The van der Waals surface area contributed by atoms with Gasteiger partial charge in [0.2, 0.25) is 0 Å². The first-order chi connectivity index (χ1) is 9.08. The van der Waals surface area contributed by atoms with E-state index in [1.165, 1.54) is 6.21 Å². The molecule has 0 radical (unpaired) electrons. The van der Waals surface area contributed by atoms with Crippen LogP contribution in [-0.4, -0.2) is 26.0 Å². The van der Waals surface area contributed by atoms with Gasteiger partial charge in [-0.2, -0.15) is 5.10 Å². The molecule has 0 aliphatic carbocycles. The minimum Gasteiger partial charge on any atom is -0.493 e. The molecule has 0 aliphatic rings. The Morgan fingerprint density at radius 2 is 2.32 bits per heavy atom. The number of nitrogens with one attached hydrogen (secondary N) is 1. The number of rotatable bonds is 6. The minimum atomic E-state index is -0.708. The standard InChI is InChI=1S/C12H16IN3O3/c1-3-4-19-11-9(13)5-8(6-10(11)18-2)7-15-16-12(14)17/h5-7H,3-4H2,1-2H3,(H3,14,16,17)/b15-7-. The summed E-state index contributed by atoms with van der Waals surface area (Å²) in [6.45, 7) is 2.67. The van der Waals surface area contributed by atoms with Crippen molar-refractivity contribution in [3.05, 3.63) is 21.3 Å². The van der Waals surface area contributed by atoms with Crippen molar-refractivity contribution < 1.29 is 14.3 Å². The molecule has 0 unspecified atom stereocenters. The molecule has 3 N–H and O–H groups in total. The zero-order valence-electron chi connectivity index (χ0n) is 10.8. The smallest absolute Gasteiger partial charge is 0.332 e. The van der Waals surface area contributed by atoms with Gasteiger partial charge in [-0.3, -0.25) is 0 Å². The van der Waals surface area contributed by atoms with Crippen LogP contribution in [0, 0.1) is 3.57 Å². The van der Waals surface area contributed by atoms with Gasteiger partial charge in [-0.05, 0) is 46.7 Å². The third kappa shape index (κ3) is 4.93. The van der Waals surface area contributed by atoms with Gasteiger partial charge in [0, 0.05) is 0 Å². The van der Waals surface area contributed by atoms with Gasteiger partial charge < -0.3 is 15.2 Å². The predicted octanol–water partition coefficient (Wildman–Crippen LogP) is 2.09. The first-order valence-electron chi connectivity index (χ1n) is 5.67. The Labute approximate surface area is 125 Å². The lowest BCUT2D eigenvalue weighted by atomic mass is 10.2. The number of carbonyl (C=O) groups is 1. The summed E-state index contributed by atoms with van der Waals surface area (Å²) in [6, 6.07) is 2.94. The van der Waals surface area contributed by atoms with E-state index < -0.39 is 6.03 Å². The molecule has 19 heavy (non-hydrogen) atoms. The van der Waals surface area contributed by atoms with Crippen molar-refractivity contribution in [3.63, 3.8) is 0 Å². The number of carbonyl (C=O) groups excluding carboxylic acids is 1. The molecule has 7 heteroatoms. The monoisotopic (exact) mass is 377 g/mol. The van der Waals surface area contributed by atoms with E-state index >= 15 is 0 Å². The van der Waals surface area contributed by atoms with Crippen LogP contribution < -0.4 is 20.6 Å². The third-order valence-electron chi connectivity index (χ3n) is 2.09. The average molecular weight is 377 g/mol. The van der Waals surface area contributed by atoms with Gasteiger partial charge >= 0.3 is 6.03 Å². The highest BCUT2D eigenvalue weighted by atomic mass is 127. The summed E-state index contributed by atoms with van der Waals surface area (Å²) < 4.78 is 11.8. The molecule has 0 saturated carbocycles. The number of methoxy groups -OCH3 is 1. The second-order valence-electron chi connectivity index (χ2n) is 3.62. The maximum Gasteiger partial charge on any atom is 0.332 e. The second-order valence-corrected chi connectivity index (χ2v) is 4.78. The van der Waals surface area contributed by atoms with Gasteiger partial charge in [0.1, 0.15) is 0 Å². The zero-order valence-corrected chi connectivity index (χ0v) is 12.9. The summed E-state index contributed by atoms with van der Waals surface area (Å²) in [7, 11) is 1.58. The first-order valence-corrected chi connectivity index (χ1v) is 6.75. The lowest BCUT2D eigenvalue weighted by molar-refractivity contribution is 0.249. The molecule has 0 aromatic heterocycles. The van der Waals surface area contributed by atoms with Crippen LogP contribution in [0.1, 0.15) is 18.9 Å². The van der Waals surface area contributed by atoms with Crippen LogP contribution in [0.3, 0.4) is 0 Å². The van der Waals surface area contributed by atoms with E-state index in [4.69, 9.17) is 15.2 Å². The van der Waals surface area contributed by atoms with Crippen LogP contribution in [0.2, 0.25) is 0 Å². The van der Waals surface area contributed by atoms with Crippen molar-refractivity contribution in [1.82, 2.24) is 5.43 Å². The predicted molar refractivity (Wildman–Crippen MR) is 81.8 cm³/mol. The number of primary amides is 1. The maximum absolute atomic E-state index is 10.5. The molecule has 0 fully saturated rings. The van der Waals surface area contributed by atoms with Gasteiger partial charge in [0.05, 0.1) is 23.5 Å². The number of hydrogen-bond donors (Lipinski definition) is 2. The molecule has 0 saturated heterocycles. The van der Waals surface area contributed by atoms with Crippen LogP contribution in [0.15, 0.2) is 17.2 Å². The zero-order chi connectivity index (χ0) is 14.3. The lowest BCUT2D eigenvalue weighted by Gasteiger charge is -2.12. The number of nitrogens with zero attached hydrogens (tertiary/aromatic N) is 1. The average Bonchev–Trinajstić information content (AvgIpc) is 2.36. The molecule has 1 rings (SSSR count). The minimum absolute atomic E-state index is 0.626. The molecular formula is C12H16IN3O3. The normalized spacial score (nSPS) is 10.5. The van der Waals surface area contributed by atoms with Crippen molar-refractivity contribution in [2.45, 2.75) is 13.3 Å². The van der Waals surface area contributed by atoms with E-state index in [-0.39, 0.29) is 0 Å². The van der Waals surface area contributed by atoms with Gasteiger partial charge in [0.25, 0.3) is 0 Å². The Bertz CT molecular complexity index is 478. The number of benzene rings is 1. The highest BCUT2D eigenvalue weighted by Gasteiger charge is 2.10. The molecule has 104 valence electrons. The summed E-state index contributed by atoms with van der Waals surface area (Å²) in [4.78, 5) is 10.5. The SMILES string of the molecule is CCCOc1c(I)cc(/C=N\NC(N)=O)cc1OC. The molecule has 0 bridgehead atoms. The van der Waals surface area contributed by atoms with E-state index in [1.807, 2.05) is 13.0 Å². The topological polar surface area (TPSA) is 85.9 Å². The van der Waals surface area contributed by atoms with Crippen LogP contribution >= 0.6 is 22.6 Å². The fourth-order valence-corrected chi connectivity index (χ4v) is 2.11. The van der Waals surface area contributed by atoms with Gasteiger partial charge in [-0.1, -0.05) is 6.92 Å². The van der Waals surface area contributed by atoms with Gasteiger partial charge in [-0.25, -0.2) is 10.2 Å². The number of hydrazone groups is 1. The van der Waals surface area contributed by atoms with E-state index in [1.54, 1.807) is 13.2 Å². The Morgan fingerprint density at radius 3 is 2.89 bits per heavy atom. The molecule has 2 amide bonds. The van der Waals surface area contributed by atoms with Gasteiger partial charge in [0.15, 0.2) is 11.5 Å². The summed E-state index contributed by atoms with van der Waals surface area (Å²) in [5.41, 5.74) is 7.82. The van der Waals surface area contributed by atoms with E-state index in [0.717, 1.165) is 15.6 Å². The van der Waals surface area contributed by atoms with Crippen LogP contribution in [-0.2, 0) is 0 Å². The third-order valence-corrected chi connectivity index (χ3v) is 2.89. The Morgan fingerprint density at radius 1 is 1.58 bits per heavy atom. The fraction of sp³-hybridized carbons (Fsp3) is 0.333. The van der Waals surface area contributed by atoms with Crippen molar-refractivity contribution in [3.8, 4) is 11.5 Å². The quantitative estimate of drug-likeness (QED) is 0.452. The molecule has 0 spiro atoms. The van der Waals surface area contributed by atoms with E-state index in [2.05, 4.69) is 33.1 Å². The highest BCUT2D eigenvalue weighted by Crippen LogP contribution is 2.33. The second kappa shape index (κ2) is 7.82. The van der Waals surface area contributed by atoms with Crippen molar-refractivity contribution in [2.75, 3.05) is 13.7 Å². The lowest BCUT2D eigenvalue weighted by Crippen LogP contribution is -2.24. The Balaban J connectivity index is 2.95. The molecule has 1 aromatic rings. The van der Waals surface area contributed by atoms with Gasteiger partial charge in [-0.15, -0.1) is 0 Å². The molecule has 0 aliphatic heterocycles. The fourth-order valence-electron chi connectivity index (χ4n) is 1.33. The van der Waals surface area contributed by atoms with Crippen molar-refractivity contribution in [1.29, 1.82) is 0 Å². The Kier molecular flexibility index (Phi) is 6.40. The molecule has 0 heterocycles. The van der Waals surface area contributed by atoms with Crippen molar-refractivity contribution >= 4 is 34.8 Å². The largest absolute Gasteiger partial charge is 0.493 e. The molecule has 1 aromatic carbocycles. The molecule has 0 atom stereocenters. The number of hydrogen-bond acceptors (Lipinski definition) is 4. The number of halogens is 1. The number of urea groups is 1. The molecule has 6 nitrogen and oxygen atoms in total. The van der Waals surface area contributed by atoms with Crippen LogP contribution in [0.25, 0.3) is 0 Å². The first kappa shape index (κ1) is 15.5. The summed E-state index contributed by atoms with van der Waals surface area (Å²) in [5.74, 6) is 1.34. The van der Waals surface area contributed by atoms with E-state index in [0.29, 0.717) is 18.1 Å². The van der Waals surface area contributed by atoms with Crippen LogP contribution in [0.4, 0.5) is 4.79 Å². The summed E-state index contributed by atoms with van der Waals surface area (Å²) >= 11 is 2.16.